The zero-order valence-electron chi connectivity index (χ0n) is 16.2. The highest BCUT2D eigenvalue weighted by atomic mass is 16.4. The summed E-state index contributed by atoms with van der Waals surface area (Å²) in [5, 5.41) is 16.3. The van der Waals surface area contributed by atoms with E-state index < -0.39 is 17.5 Å². The topological polar surface area (TPSA) is 128 Å². The fourth-order valence-electron chi connectivity index (χ4n) is 3.31. The number of nitrogens with zero attached hydrogens (tertiary/aromatic N) is 2. The van der Waals surface area contributed by atoms with Gasteiger partial charge in [0, 0.05) is 17.7 Å². The molecule has 2 aromatic carbocycles. The predicted octanol–water partition coefficient (Wildman–Crippen LogP) is 2.74. The summed E-state index contributed by atoms with van der Waals surface area (Å²) in [5.74, 6) is -1.33. The average molecular weight is 394 g/mol. The van der Waals surface area contributed by atoms with Crippen molar-refractivity contribution >= 4 is 35.1 Å². The van der Waals surface area contributed by atoms with E-state index in [9.17, 15) is 14.4 Å². The number of aryl methyl sites for hydroxylation is 1. The minimum atomic E-state index is -1.10. The molecule has 1 aliphatic rings. The fraction of sp³-hybridized carbons (Fsp3) is 0.238. The van der Waals surface area contributed by atoms with Crippen LogP contribution < -0.4 is 15.5 Å². The van der Waals surface area contributed by atoms with Crippen LogP contribution >= 0.6 is 0 Å². The van der Waals surface area contributed by atoms with Crippen LogP contribution in [0.25, 0.3) is 0 Å². The molecule has 1 fully saturated rings. The van der Waals surface area contributed by atoms with Crippen molar-refractivity contribution in [2.45, 2.75) is 32.2 Å². The summed E-state index contributed by atoms with van der Waals surface area (Å²) in [7, 11) is 0. The largest absolute Gasteiger partial charge is 0.481 e. The van der Waals surface area contributed by atoms with Gasteiger partial charge in [-0.1, -0.05) is 12.1 Å². The smallest absolute Gasteiger partial charge is 0.336 e. The molecule has 8 heteroatoms. The maximum atomic E-state index is 13.1. The van der Waals surface area contributed by atoms with Crippen molar-refractivity contribution in [3.63, 3.8) is 0 Å². The number of amides is 3. The van der Waals surface area contributed by atoms with Gasteiger partial charge in [0.15, 0.2) is 0 Å². The van der Waals surface area contributed by atoms with Gasteiger partial charge in [-0.05, 0) is 62.2 Å². The van der Waals surface area contributed by atoms with Crippen molar-refractivity contribution in [3.05, 3.63) is 59.7 Å². The molecule has 0 aliphatic carbocycles. The molecule has 0 bridgehead atoms. The number of urea groups is 1. The molecule has 1 aliphatic heterocycles. The fourth-order valence-corrected chi connectivity index (χ4v) is 3.31. The van der Waals surface area contributed by atoms with Gasteiger partial charge in [0.1, 0.15) is 11.4 Å². The quantitative estimate of drug-likeness (QED) is 0.394. The second-order valence-corrected chi connectivity index (χ2v) is 7.34. The van der Waals surface area contributed by atoms with Gasteiger partial charge < -0.3 is 10.8 Å². The molecule has 0 saturated carbocycles. The van der Waals surface area contributed by atoms with E-state index in [1.54, 1.807) is 62.4 Å². The number of carboxylic acid groups (broad SMARTS) is 1. The Balaban J connectivity index is 1.90. The minimum Gasteiger partial charge on any atom is -0.481 e. The molecular weight excluding hydrogens is 372 g/mol. The average Bonchev–Trinajstić information content (AvgIpc) is 2.85. The van der Waals surface area contributed by atoms with Gasteiger partial charge in [-0.2, -0.15) is 0 Å². The van der Waals surface area contributed by atoms with Crippen LogP contribution in [0.3, 0.4) is 0 Å². The zero-order chi connectivity index (χ0) is 21.3. The van der Waals surface area contributed by atoms with Gasteiger partial charge in [-0.3, -0.25) is 19.9 Å². The number of nitrogens with two attached hydrogens (primary N) is 1. The lowest BCUT2D eigenvalue weighted by molar-refractivity contribution is -0.137. The molecule has 0 atom stereocenters. The highest BCUT2D eigenvalue weighted by Gasteiger charge is 2.52. The summed E-state index contributed by atoms with van der Waals surface area (Å²) in [4.78, 5) is 39.4. The first kappa shape index (κ1) is 20.1. The van der Waals surface area contributed by atoms with E-state index in [1.165, 1.54) is 4.90 Å². The number of hydrogen-bond acceptors (Lipinski definition) is 4. The Morgan fingerprint density at radius 2 is 1.59 bits per heavy atom. The molecule has 3 amide bonds. The van der Waals surface area contributed by atoms with Crippen molar-refractivity contribution in [2.75, 3.05) is 9.80 Å². The number of carbonyl (C=O) groups is 3. The molecule has 0 radical (unpaired) electrons. The van der Waals surface area contributed by atoms with Crippen molar-refractivity contribution in [2.24, 2.45) is 5.73 Å². The molecule has 150 valence electrons. The van der Waals surface area contributed by atoms with Gasteiger partial charge in [-0.25, -0.2) is 9.69 Å². The Labute approximate surface area is 168 Å². The van der Waals surface area contributed by atoms with E-state index in [0.717, 1.165) is 10.5 Å². The van der Waals surface area contributed by atoms with Crippen LogP contribution in [0, 0.1) is 5.41 Å². The SMILES string of the molecule is CC1(C)C(=O)N(c2ccc(CCC(=O)O)cc2)C(=O)N1c1ccc(C(=N)N)cc1. The lowest BCUT2D eigenvalue weighted by Crippen LogP contribution is -2.44. The van der Waals surface area contributed by atoms with E-state index >= 15 is 0 Å². The third-order valence-corrected chi connectivity index (χ3v) is 4.93. The monoisotopic (exact) mass is 394 g/mol. The number of nitrogen functional groups attached to an aromatic ring is 1. The van der Waals surface area contributed by atoms with Crippen molar-refractivity contribution < 1.29 is 19.5 Å². The Morgan fingerprint density at radius 1 is 1.03 bits per heavy atom. The second kappa shape index (κ2) is 7.38. The first-order chi connectivity index (χ1) is 13.6. The van der Waals surface area contributed by atoms with Crippen LogP contribution in [-0.2, 0) is 16.0 Å². The van der Waals surface area contributed by atoms with Crippen LogP contribution in [0.1, 0.15) is 31.4 Å². The lowest BCUT2D eigenvalue weighted by Gasteiger charge is -2.27. The zero-order valence-corrected chi connectivity index (χ0v) is 16.2. The Hall–Kier alpha value is -3.68. The number of amidine groups is 1. The van der Waals surface area contributed by atoms with Crippen LogP contribution in [0.4, 0.5) is 16.2 Å². The summed E-state index contributed by atoms with van der Waals surface area (Å²) >= 11 is 0. The highest BCUT2D eigenvalue weighted by molar-refractivity contribution is 6.30. The molecule has 29 heavy (non-hydrogen) atoms. The van der Waals surface area contributed by atoms with Crippen molar-refractivity contribution in [3.8, 4) is 0 Å². The highest BCUT2D eigenvalue weighted by Crippen LogP contribution is 2.36. The van der Waals surface area contributed by atoms with Crippen molar-refractivity contribution in [1.29, 1.82) is 5.41 Å². The molecule has 1 heterocycles. The molecule has 0 spiro atoms. The number of benzene rings is 2. The van der Waals surface area contributed by atoms with E-state index in [0.29, 0.717) is 23.4 Å². The number of hydrogen-bond donors (Lipinski definition) is 3. The van der Waals surface area contributed by atoms with E-state index in [2.05, 4.69) is 0 Å². The van der Waals surface area contributed by atoms with Gasteiger partial charge in [-0.15, -0.1) is 0 Å². The molecule has 0 aromatic heterocycles. The Kier molecular flexibility index (Phi) is 5.11. The van der Waals surface area contributed by atoms with E-state index in [1.807, 2.05) is 0 Å². The summed E-state index contributed by atoms with van der Waals surface area (Å²) < 4.78 is 0. The number of carboxylic acids is 1. The van der Waals surface area contributed by atoms with Crippen LogP contribution in [-0.4, -0.2) is 34.4 Å². The third kappa shape index (κ3) is 3.69. The molecule has 8 nitrogen and oxygen atoms in total. The number of nitrogens with one attached hydrogen (secondary N) is 1. The molecule has 2 aromatic rings. The normalized spacial score (nSPS) is 15.7. The van der Waals surface area contributed by atoms with E-state index in [4.69, 9.17) is 16.2 Å². The minimum absolute atomic E-state index is 0.0119. The molecule has 4 N–H and O–H groups in total. The summed E-state index contributed by atoms with van der Waals surface area (Å²) in [6.07, 6.45) is 0.385. The second-order valence-electron chi connectivity index (χ2n) is 7.34. The lowest BCUT2D eigenvalue weighted by atomic mass is 10.0. The molecule has 3 rings (SSSR count). The van der Waals surface area contributed by atoms with Gasteiger partial charge in [0.2, 0.25) is 0 Å². The molecule has 0 unspecified atom stereocenters. The summed E-state index contributed by atoms with van der Waals surface area (Å²) in [5.41, 5.74) is 6.67. The summed E-state index contributed by atoms with van der Waals surface area (Å²) in [6, 6.07) is 12.8. The first-order valence-electron chi connectivity index (χ1n) is 9.07. The number of rotatable bonds is 6. The number of imide groups is 1. The predicted molar refractivity (Wildman–Crippen MR) is 109 cm³/mol. The standard InChI is InChI=1S/C21H22N4O4/c1-21(2)19(28)24(15-8-3-13(4-9-15)5-12-17(26)27)20(29)25(21)16-10-6-14(7-11-16)18(22)23/h3-4,6-11H,5,12H2,1-2H3,(H3,22,23)(H,26,27). The van der Waals surface area contributed by atoms with Gasteiger partial charge in [0.05, 0.1) is 5.69 Å². The molecule has 1 saturated heterocycles. The van der Waals surface area contributed by atoms with Gasteiger partial charge in [0.25, 0.3) is 5.91 Å². The van der Waals surface area contributed by atoms with Crippen LogP contribution in [0.5, 0.6) is 0 Å². The van der Waals surface area contributed by atoms with E-state index in [-0.39, 0.29) is 18.2 Å². The maximum absolute atomic E-state index is 13.1. The first-order valence-corrected chi connectivity index (χ1v) is 9.07. The Bertz CT molecular complexity index is 981. The third-order valence-electron chi connectivity index (χ3n) is 4.93. The van der Waals surface area contributed by atoms with Crippen LogP contribution in [0.15, 0.2) is 48.5 Å². The number of anilines is 2. The van der Waals surface area contributed by atoms with Crippen LogP contribution in [0.2, 0.25) is 0 Å². The molecular formula is C21H22N4O4. The Morgan fingerprint density at radius 3 is 2.10 bits per heavy atom. The number of aliphatic carboxylic acids is 1. The van der Waals surface area contributed by atoms with Gasteiger partial charge >= 0.3 is 12.0 Å². The van der Waals surface area contributed by atoms with Crippen molar-refractivity contribution in [1.82, 2.24) is 0 Å². The maximum Gasteiger partial charge on any atom is 0.336 e. The number of carbonyl (C=O) groups excluding carboxylic acids is 2. The summed E-state index contributed by atoms with van der Waals surface area (Å²) in [6.45, 7) is 3.35.